The lowest BCUT2D eigenvalue weighted by Gasteiger charge is -2.58. The van der Waals surface area contributed by atoms with Crippen molar-refractivity contribution in [3.05, 3.63) is 11.6 Å². The highest BCUT2D eigenvalue weighted by atomic mass is 32.2. The fourth-order valence-electron chi connectivity index (χ4n) is 12.2. The lowest BCUT2D eigenvalue weighted by Crippen LogP contribution is -2.50. The summed E-state index contributed by atoms with van der Waals surface area (Å²) in [6.07, 6.45) is 18.2. The third-order valence-corrected chi connectivity index (χ3v) is 17.0. The number of urea groups is 1. The number of aliphatic hydroxyl groups excluding tert-OH is 1. The zero-order valence-electron chi connectivity index (χ0n) is 34.7. The highest BCUT2D eigenvalue weighted by molar-refractivity contribution is 8.00. The van der Waals surface area contributed by atoms with Crippen molar-refractivity contribution in [3.63, 3.8) is 0 Å². The van der Waals surface area contributed by atoms with Crippen LogP contribution in [0.1, 0.15) is 151 Å². The van der Waals surface area contributed by atoms with E-state index in [4.69, 9.17) is 4.74 Å². The van der Waals surface area contributed by atoms with Crippen molar-refractivity contribution in [2.75, 3.05) is 18.9 Å². The van der Waals surface area contributed by atoms with Gasteiger partial charge in [-0.25, -0.2) is 4.79 Å². The minimum Gasteiger partial charge on any atom is -0.393 e. The molecule has 0 bridgehead atoms. The molecule has 2 saturated heterocycles. The Balaban J connectivity index is 0.840. The maximum Gasteiger partial charge on any atom is 0.315 e. The van der Waals surface area contributed by atoms with E-state index in [1.54, 1.807) is 5.57 Å². The third-order valence-electron chi connectivity index (χ3n) is 15.5. The molecule has 0 radical (unpaired) electrons. The normalized spacial score (nSPS) is 36.5. The van der Waals surface area contributed by atoms with Gasteiger partial charge < -0.3 is 31.1 Å². The number of fused-ring (bicyclic) bond motifs is 6. The second kappa shape index (κ2) is 17.0. The van der Waals surface area contributed by atoms with Crippen molar-refractivity contribution in [3.8, 4) is 0 Å². The Bertz CT molecular complexity index is 1390. The monoisotopic (exact) mass is 771 g/mol. The number of hydrogen-bond donors (Lipinski definition) is 5. The summed E-state index contributed by atoms with van der Waals surface area (Å²) in [5.41, 5.74) is 1.48. The summed E-state index contributed by atoms with van der Waals surface area (Å²) in [6, 6.07) is 0.410. The van der Waals surface area contributed by atoms with E-state index in [0.29, 0.717) is 54.9 Å². The summed E-state index contributed by atoms with van der Waals surface area (Å²) in [5, 5.41) is 23.2. The van der Waals surface area contributed by atoms with Crippen LogP contribution in [0, 0.1) is 40.4 Å². The van der Waals surface area contributed by atoms with Crippen LogP contribution in [0.25, 0.3) is 0 Å². The van der Waals surface area contributed by atoms with Gasteiger partial charge in [-0.1, -0.05) is 38.8 Å². The number of ether oxygens (including phenoxy) is 1. The number of unbranched alkanes of at least 4 members (excludes halogenated alkanes) is 1. The van der Waals surface area contributed by atoms with E-state index in [1.807, 2.05) is 11.8 Å². The van der Waals surface area contributed by atoms with Crippen LogP contribution in [0.15, 0.2) is 11.6 Å². The summed E-state index contributed by atoms with van der Waals surface area (Å²) >= 11 is 1.92. The average molecular weight is 771 g/mol. The van der Waals surface area contributed by atoms with Crippen molar-refractivity contribution in [1.29, 1.82) is 0 Å². The van der Waals surface area contributed by atoms with Crippen LogP contribution < -0.4 is 21.3 Å². The quantitative estimate of drug-likeness (QED) is 0.0588. The highest BCUT2D eigenvalue weighted by Gasteiger charge is 2.59. The minimum atomic E-state index is -0.373. The lowest BCUT2D eigenvalue weighted by molar-refractivity contribution is -0.123. The number of hydrogen-bond acceptors (Lipinski definition) is 6. The average Bonchev–Trinajstić information content (AvgIpc) is 3.77. The molecule has 6 aliphatic rings. The van der Waals surface area contributed by atoms with Crippen LogP contribution in [0.2, 0.25) is 0 Å². The zero-order chi connectivity index (χ0) is 38.9. The molecule has 2 aliphatic heterocycles. The number of rotatable bonds is 17. The second-order valence-corrected chi connectivity index (χ2v) is 21.4. The van der Waals surface area contributed by atoms with Crippen LogP contribution in [-0.4, -0.2) is 76.4 Å². The first-order valence-electron chi connectivity index (χ1n) is 21.8. The van der Waals surface area contributed by atoms with Gasteiger partial charge in [-0.15, -0.1) is 0 Å². The predicted octanol–water partition coefficient (Wildman–Crippen LogP) is 7.65. The fourth-order valence-corrected chi connectivity index (χ4v) is 13.7. The van der Waals surface area contributed by atoms with Gasteiger partial charge in [-0.05, 0) is 152 Å². The van der Waals surface area contributed by atoms with Gasteiger partial charge in [-0.2, -0.15) is 11.8 Å². The number of allylic oxidation sites excluding steroid dienone is 1. The van der Waals surface area contributed by atoms with Crippen LogP contribution >= 0.6 is 11.8 Å². The Morgan fingerprint density at radius 2 is 1.81 bits per heavy atom. The Hall–Kier alpha value is -1.78. The molecule has 3 unspecified atom stereocenters. The molecular weight excluding hydrogens is 697 g/mol. The van der Waals surface area contributed by atoms with Gasteiger partial charge >= 0.3 is 6.03 Å². The molecule has 10 heteroatoms. The highest BCUT2D eigenvalue weighted by Crippen LogP contribution is 2.67. The Kier molecular flexibility index (Phi) is 13.2. The summed E-state index contributed by atoms with van der Waals surface area (Å²) in [4.78, 5) is 37.4. The number of amides is 4. The molecule has 0 aromatic rings. The number of nitrogens with one attached hydrogen (secondary N) is 4. The maximum absolute atomic E-state index is 13.0. The van der Waals surface area contributed by atoms with Gasteiger partial charge in [0.25, 0.3) is 0 Å². The molecule has 0 spiro atoms. The minimum absolute atomic E-state index is 0.0520. The van der Waals surface area contributed by atoms with E-state index in [2.05, 4.69) is 75.8 Å². The number of aliphatic hydroxyl groups is 1. The van der Waals surface area contributed by atoms with Gasteiger partial charge in [-0.3, -0.25) is 9.59 Å². The molecule has 6 rings (SSSR count). The Morgan fingerprint density at radius 1 is 1.02 bits per heavy atom. The molecule has 3 saturated carbocycles. The molecular formula is C44H74N4O5S. The summed E-state index contributed by atoms with van der Waals surface area (Å²) in [5.74, 6) is 4.74. The standard InChI is InChI=1S/C44H74N4O5S/c1-28(32-15-16-33-31-14-13-29-26-30(49)18-20-43(29,6)34(31)19-21-44(32,33)7)12-17-37(50)45-24-22-42(4,5)53-25-23-41(2,3)48-38(51)11-9-8-10-36-39-35(27-54-36)46-40(52)47-39/h13,28,30-36,39,49H,8-12,14-27H2,1-7H3,(H,45,50)(H,48,51)(H2,46,47,52)/t28?,30-,31?,32?,33-,34-,35-,36-,39-,43-,44+/m0/s1. The van der Waals surface area contributed by atoms with Gasteiger partial charge in [0, 0.05) is 42.5 Å². The van der Waals surface area contributed by atoms with Gasteiger partial charge in [0.05, 0.1) is 23.8 Å². The van der Waals surface area contributed by atoms with E-state index in [0.717, 1.165) is 74.9 Å². The SMILES string of the molecule is CC(CCC(=O)NCCC(C)(C)OCCC(C)(C)NC(=O)CCCC[C@@H]1SC[C@@H]2NC(=O)N[C@@H]21)C1CC[C@H]2C3CC=C4C[C@@H](O)CC[C@]4(C)[C@H]3CC[C@]12C. The van der Waals surface area contributed by atoms with Crippen LogP contribution in [0.4, 0.5) is 4.79 Å². The molecule has 0 aromatic heterocycles. The first-order valence-corrected chi connectivity index (χ1v) is 22.8. The molecule has 0 aromatic carbocycles. The van der Waals surface area contributed by atoms with Crippen molar-refractivity contribution >= 4 is 29.6 Å². The molecule has 306 valence electrons. The van der Waals surface area contributed by atoms with E-state index in [1.165, 1.54) is 32.1 Å². The Labute approximate surface area is 330 Å². The predicted molar refractivity (Wildman–Crippen MR) is 218 cm³/mol. The topological polar surface area (TPSA) is 129 Å². The molecule has 2 heterocycles. The summed E-state index contributed by atoms with van der Waals surface area (Å²) < 4.78 is 6.28. The molecule has 5 fully saturated rings. The van der Waals surface area contributed by atoms with E-state index >= 15 is 0 Å². The van der Waals surface area contributed by atoms with Crippen molar-refractivity contribution in [2.45, 2.75) is 186 Å². The third kappa shape index (κ3) is 9.49. The van der Waals surface area contributed by atoms with Crippen molar-refractivity contribution < 1.29 is 24.2 Å². The van der Waals surface area contributed by atoms with Crippen LogP contribution in [-0.2, 0) is 14.3 Å². The van der Waals surface area contributed by atoms with Gasteiger partial charge in [0.1, 0.15) is 0 Å². The smallest absolute Gasteiger partial charge is 0.315 e. The van der Waals surface area contributed by atoms with Crippen molar-refractivity contribution in [1.82, 2.24) is 21.3 Å². The molecule has 54 heavy (non-hydrogen) atoms. The largest absolute Gasteiger partial charge is 0.393 e. The van der Waals surface area contributed by atoms with E-state index in [-0.39, 0.29) is 52.6 Å². The number of thioether (sulfide) groups is 1. The Morgan fingerprint density at radius 3 is 2.61 bits per heavy atom. The number of carbonyl (C=O) groups excluding carboxylic acids is 3. The second-order valence-electron chi connectivity index (χ2n) is 20.2. The van der Waals surface area contributed by atoms with Crippen molar-refractivity contribution in [2.24, 2.45) is 40.4 Å². The van der Waals surface area contributed by atoms with Crippen LogP contribution in [0.3, 0.4) is 0 Å². The number of carbonyl (C=O) groups is 3. The van der Waals surface area contributed by atoms with Gasteiger partial charge in [0.15, 0.2) is 0 Å². The molecule has 4 amide bonds. The van der Waals surface area contributed by atoms with Gasteiger partial charge in [0.2, 0.25) is 11.8 Å². The maximum atomic E-state index is 13.0. The first-order chi connectivity index (χ1) is 25.5. The van der Waals surface area contributed by atoms with Crippen LogP contribution in [0.5, 0.6) is 0 Å². The van der Waals surface area contributed by atoms with E-state index in [9.17, 15) is 19.5 Å². The first kappa shape index (κ1) is 41.8. The summed E-state index contributed by atoms with van der Waals surface area (Å²) in [7, 11) is 0. The molecule has 4 aliphatic carbocycles. The molecule has 5 N–H and O–H groups in total. The summed E-state index contributed by atoms with van der Waals surface area (Å²) in [6.45, 7) is 16.9. The lowest BCUT2D eigenvalue weighted by atomic mass is 9.47. The molecule has 11 atom stereocenters. The molecule has 9 nitrogen and oxygen atoms in total. The zero-order valence-corrected chi connectivity index (χ0v) is 35.5. The fraction of sp³-hybridized carbons (Fsp3) is 0.886. The van der Waals surface area contributed by atoms with E-state index < -0.39 is 0 Å².